The van der Waals surface area contributed by atoms with E-state index < -0.39 is 5.60 Å². The van der Waals surface area contributed by atoms with Gasteiger partial charge in [-0.05, 0) is 58.2 Å². The van der Waals surface area contributed by atoms with E-state index >= 15 is 0 Å². The van der Waals surface area contributed by atoms with Gasteiger partial charge in [-0.15, -0.1) is 0 Å². The van der Waals surface area contributed by atoms with E-state index in [1.54, 1.807) is 6.20 Å². The molecule has 1 atom stereocenters. The number of carbonyl (C=O) groups is 1. The third-order valence-electron chi connectivity index (χ3n) is 3.92. The third kappa shape index (κ3) is 6.18. The Balaban J connectivity index is 1.82. The van der Waals surface area contributed by atoms with Gasteiger partial charge in [0.2, 0.25) is 0 Å². The first kappa shape index (κ1) is 17.7. The molecule has 0 spiro atoms. The standard InChI is InChI=1S/C18H29N3O2/c1-18(2,3)23-17(22)21-10-6-8-16(14-21)13-20(4)12-15-7-5-9-19-11-15/h5,7,9,11,16H,6,8,10,12-14H2,1-4H3/t16-/m1/s1. The number of aromatic nitrogens is 1. The van der Waals surface area contributed by atoms with Crippen LogP contribution in [0.5, 0.6) is 0 Å². The van der Waals surface area contributed by atoms with Crippen molar-refractivity contribution in [2.75, 3.05) is 26.7 Å². The van der Waals surface area contributed by atoms with Crippen molar-refractivity contribution in [3.05, 3.63) is 30.1 Å². The first-order valence-corrected chi connectivity index (χ1v) is 8.39. The highest BCUT2D eigenvalue weighted by Crippen LogP contribution is 2.20. The molecule has 1 fully saturated rings. The quantitative estimate of drug-likeness (QED) is 0.855. The summed E-state index contributed by atoms with van der Waals surface area (Å²) in [5.74, 6) is 0.498. The average molecular weight is 319 g/mol. The fourth-order valence-corrected chi connectivity index (χ4v) is 3.02. The number of amides is 1. The molecule has 1 aromatic heterocycles. The fraction of sp³-hybridized carbons (Fsp3) is 0.667. The molecule has 0 radical (unpaired) electrons. The molecule has 1 saturated heterocycles. The van der Waals surface area contributed by atoms with Gasteiger partial charge in [0.05, 0.1) is 0 Å². The van der Waals surface area contributed by atoms with Gasteiger partial charge in [0.15, 0.2) is 0 Å². The second-order valence-electron chi connectivity index (χ2n) is 7.49. The van der Waals surface area contributed by atoms with Crippen molar-refractivity contribution in [1.29, 1.82) is 0 Å². The second kappa shape index (κ2) is 7.77. The molecule has 23 heavy (non-hydrogen) atoms. The van der Waals surface area contributed by atoms with Gasteiger partial charge in [0.25, 0.3) is 0 Å². The number of rotatable bonds is 4. The zero-order valence-electron chi connectivity index (χ0n) is 14.8. The molecule has 5 nitrogen and oxygen atoms in total. The highest BCUT2D eigenvalue weighted by molar-refractivity contribution is 5.68. The van der Waals surface area contributed by atoms with Gasteiger partial charge in [-0.3, -0.25) is 4.98 Å². The molecule has 1 aliphatic rings. The summed E-state index contributed by atoms with van der Waals surface area (Å²) in [5.41, 5.74) is 0.788. The van der Waals surface area contributed by atoms with Crippen LogP contribution in [-0.4, -0.2) is 53.2 Å². The molecule has 1 aliphatic heterocycles. The molecule has 0 unspecified atom stereocenters. The SMILES string of the molecule is CN(Cc1cccnc1)C[C@H]1CCCN(C(=O)OC(C)(C)C)C1. The summed E-state index contributed by atoms with van der Waals surface area (Å²) in [7, 11) is 2.12. The predicted molar refractivity (Wildman–Crippen MR) is 91.1 cm³/mol. The van der Waals surface area contributed by atoms with Crippen LogP contribution < -0.4 is 0 Å². The van der Waals surface area contributed by atoms with Crippen LogP contribution in [0.1, 0.15) is 39.2 Å². The first-order valence-electron chi connectivity index (χ1n) is 8.39. The number of likely N-dealkylation sites (tertiary alicyclic amines) is 1. The Morgan fingerprint density at radius 1 is 1.48 bits per heavy atom. The minimum absolute atomic E-state index is 0.183. The molecule has 128 valence electrons. The second-order valence-corrected chi connectivity index (χ2v) is 7.49. The van der Waals surface area contributed by atoms with E-state index in [1.807, 2.05) is 37.9 Å². The number of ether oxygens (including phenoxy) is 1. The van der Waals surface area contributed by atoms with Crippen LogP contribution in [0.3, 0.4) is 0 Å². The van der Waals surface area contributed by atoms with E-state index in [2.05, 4.69) is 23.0 Å². The average Bonchev–Trinajstić information content (AvgIpc) is 2.46. The number of hydrogen-bond acceptors (Lipinski definition) is 4. The Kier molecular flexibility index (Phi) is 5.99. The summed E-state index contributed by atoms with van der Waals surface area (Å²) < 4.78 is 5.49. The largest absolute Gasteiger partial charge is 0.444 e. The zero-order chi connectivity index (χ0) is 16.9. The maximum Gasteiger partial charge on any atom is 0.410 e. The maximum absolute atomic E-state index is 12.2. The molecule has 0 saturated carbocycles. The lowest BCUT2D eigenvalue weighted by Gasteiger charge is -2.35. The lowest BCUT2D eigenvalue weighted by atomic mass is 9.97. The highest BCUT2D eigenvalue weighted by Gasteiger charge is 2.28. The van der Waals surface area contributed by atoms with Crippen LogP contribution in [0, 0.1) is 5.92 Å². The number of hydrogen-bond donors (Lipinski definition) is 0. The van der Waals surface area contributed by atoms with Gasteiger partial charge in [-0.2, -0.15) is 0 Å². The van der Waals surface area contributed by atoms with Gasteiger partial charge >= 0.3 is 6.09 Å². The third-order valence-corrected chi connectivity index (χ3v) is 3.92. The van der Waals surface area contributed by atoms with Gasteiger partial charge in [0.1, 0.15) is 5.60 Å². The van der Waals surface area contributed by atoms with E-state index in [0.29, 0.717) is 5.92 Å². The van der Waals surface area contributed by atoms with Crippen molar-refractivity contribution in [1.82, 2.24) is 14.8 Å². The molecule has 0 aromatic carbocycles. The van der Waals surface area contributed by atoms with Crippen LogP contribution in [0.25, 0.3) is 0 Å². The van der Waals surface area contributed by atoms with E-state index in [0.717, 1.165) is 39.0 Å². The molecular formula is C18H29N3O2. The molecule has 0 N–H and O–H groups in total. The van der Waals surface area contributed by atoms with Gasteiger partial charge < -0.3 is 14.5 Å². The highest BCUT2D eigenvalue weighted by atomic mass is 16.6. The molecule has 2 heterocycles. The van der Waals surface area contributed by atoms with E-state index in [-0.39, 0.29) is 6.09 Å². The number of nitrogens with zero attached hydrogens (tertiary/aromatic N) is 3. The topological polar surface area (TPSA) is 45.7 Å². The van der Waals surface area contributed by atoms with E-state index in [1.165, 1.54) is 5.56 Å². The molecule has 5 heteroatoms. The van der Waals surface area contributed by atoms with Crippen LogP contribution in [0.2, 0.25) is 0 Å². The number of pyridine rings is 1. The van der Waals surface area contributed by atoms with Crippen molar-refractivity contribution in [2.24, 2.45) is 5.92 Å². The molecular weight excluding hydrogens is 290 g/mol. The molecule has 0 bridgehead atoms. The molecule has 2 rings (SSSR count). The normalized spacial score (nSPS) is 19.0. The Labute approximate surface area is 139 Å². The van der Waals surface area contributed by atoms with Crippen molar-refractivity contribution >= 4 is 6.09 Å². The summed E-state index contributed by atoms with van der Waals surface area (Å²) in [4.78, 5) is 20.5. The lowest BCUT2D eigenvalue weighted by molar-refractivity contribution is 0.0148. The van der Waals surface area contributed by atoms with E-state index in [4.69, 9.17) is 4.74 Å². The Morgan fingerprint density at radius 2 is 2.26 bits per heavy atom. The van der Waals surface area contributed by atoms with Crippen molar-refractivity contribution in [2.45, 2.75) is 45.8 Å². The predicted octanol–water partition coefficient (Wildman–Crippen LogP) is 3.16. The number of carbonyl (C=O) groups excluding carboxylic acids is 1. The van der Waals surface area contributed by atoms with Gasteiger partial charge in [-0.1, -0.05) is 6.07 Å². The minimum atomic E-state index is -0.429. The van der Waals surface area contributed by atoms with Crippen LogP contribution in [0.4, 0.5) is 4.79 Å². The Bertz CT molecular complexity index is 499. The first-order chi connectivity index (χ1) is 10.8. The fourth-order valence-electron chi connectivity index (χ4n) is 3.02. The summed E-state index contributed by atoms with van der Waals surface area (Å²) in [6, 6.07) is 4.06. The summed E-state index contributed by atoms with van der Waals surface area (Å²) in [5, 5.41) is 0. The van der Waals surface area contributed by atoms with Gasteiger partial charge in [-0.25, -0.2) is 4.79 Å². The Hall–Kier alpha value is -1.62. The molecule has 1 aromatic rings. The van der Waals surface area contributed by atoms with Gasteiger partial charge in [0, 0.05) is 38.6 Å². The maximum atomic E-state index is 12.2. The lowest BCUT2D eigenvalue weighted by Crippen LogP contribution is -2.45. The van der Waals surface area contributed by atoms with Crippen molar-refractivity contribution in [3.63, 3.8) is 0 Å². The monoisotopic (exact) mass is 319 g/mol. The van der Waals surface area contributed by atoms with E-state index in [9.17, 15) is 4.79 Å². The van der Waals surface area contributed by atoms with Crippen LogP contribution in [0.15, 0.2) is 24.5 Å². The summed E-state index contributed by atoms with van der Waals surface area (Å²) in [6.45, 7) is 9.19. The van der Waals surface area contributed by atoms with Crippen LogP contribution in [-0.2, 0) is 11.3 Å². The smallest absolute Gasteiger partial charge is 0.410 e. The van der Waals surface area contributed by atoms with Crippen molar-refractivity contribution < 1.29 is 9.53 Å². The van der Waals surface area contributed by atoms with Crippen LogP contribution >= 0.6 is 0 Å². The van der Waals surface area contributed by atoms with Crippen molar-refractivity contribution in [3.8, 4) is 0 Å². The summed E-state index contributed by atoms with van der Waals surface area (Å²) in [6.07, 6.45) is 5.73. The molecule has 0 aliphatic carbocycles. The number of piperidine rings is 1. The summed E-state index contributed by atoms with van der Waals surface area (Å²) >= 11 is 0. The Morgan fingerprint density at radius 3 is 2.91 bits per heavy atom. The molecule has 1 amide bonds. The zero-order valence-corrected chi connectivity index (χ0v) is 14.8. The minimum Gasteiger partial charge on any atom is -0.444 e.